The number of halogens is 1. The van der Waals surface area contributed by atoms with E-state index in [9.17, 15) is 4.79 Å². The van der Waals surface area contributed by atoms with Gasteiger partial charge in [-0.05, 0) is 46.9 Å². The van der Waals surface area contributed by atoms with Crippen molar-refractivity contribution in [2.75, 3.05) is 5.73 Å². The molecular formula is C14H13IN2O2. The Hall–Kier alpha value is -1.76. The van der Waals surface area contributed by atoms with E-state index in [4.69, 9.17) is 16.2 Å². The van der Waals surface area contributed by atoms with Gasteiger partial charge in [0.2, 0.25) is 5.91 Å². The van der Waals surface area contributed by atoms with Gasteiger partial charge in [-0.2, -0.15) is 0 Å². The number of para-hydroxylation sites is 1. The van der Waals surface area contributed by atoms with Crippen molar-refractivity contribution in [1.29, 1.82) is 0 Å². The quantitative estimate of drug-likeness (QED) is 0.643. The highest BCUT2D eigenvalue weighted by Crippen LogP contribution is 2.22. The number of benzene rings is 2. The molecule has 0 saturated heterocycles. The molecule has 1 amide bonds. The van der Waals surface area contributed by atoms with Crippen LogP contribution in [0.3, 0.4) is 0 Å². The summed E-state index contributed by atoms with van der Waals surface area (Å²) in [5.74, 6) is 0.318. The number of nitrogens with two attached hydrogens (primary N) is 2. The van der Waals surface area contributed by atoms with Crippen LogP contribution >= 0.6 is 22.6 Å². The highest BCUT2D eigenvalue weighted by molar-refractivity contribution is 14.1. The predicted octanol–water partition coefficient (Wildman–Crippen LogP) is 2.55. The van der Waals surface area contributed by atoms with Gasteiger partial charge in [-0.1, -0.05) is 18.2 Å². The number of rotatable bonds is 4. The van der Waals surface area contributed by atoms with Gasteiger partial charge in [0.05, 0.1) is 3.57 Å². The molecule has 98 valence electrons. The fraction of sp³-hybridized carbons (Fsp3) is 0.0714. The maximum absolute atomic E-state index is 11.0. The first-order chi connectivity index (χ1) is 9.08. The molecule has 19 heavy (non-hydrogen) atoms. The number of carbonyl (C=O) groups excluding carboxylic acids is 1. The van der Waals surface area contributed by atoms with Gasteiger partial charge >= 0.3 is 0 Å². The van der Waals surface area contributed by atoms with Gasteiger partial charge in [0.25, 0.3) is 0 Å². The maximum atomic E-state index is 11.0. The van der Waals surface area contributed by atoms with Crippen molar-refractivity contribution in [2.24, 2.45) is 5.73 Å². The highest BCUT2D eigenvalue weighted by atomic mass is 127. The van der Waals surface area contributed by atoms with Crippen molar-refractivity contribution in [1.82, 2.24) is 0 Å². The predicted molar refractivity (Wildman–Crippen MR) is 82.9 cm³/mol. The molecule has 4 nitrogen and oxygen atoms in total. The maximum Gasteiger partial charge on any atom is 0.248 e. The van der Waals surface area contributed by atoms with Crippen molar-refractivity contribution >= 4 is 34.2 Å². The minimum Gasteiger partial charge on any atom is -0.488 e. The first-order valence-electron chi connectivity index (χ1n) is 5.63. The largest absolute Gasteiger partial charge is 0.488 e. The Morgan fingerprint density at radius 2 is 1.95 bits per heavy atom. The normalized spacial score (nSPS) is 10.2. The van der Waals surface area contributed by atoms with E-state index in [1.54, 1.807) is 18.2 Å². The third-order valence-electron chi connectivity index (χ3n) is 2.65. The molecule has 0 spiro atoms. The summed E-state index contributed by atoms with van der Waals surface area (Å²) in [6.45, 7) is 0.352. The zero-order chi connectivity index (χ0) is 13.8. The Bertz CT molecular complexity index is 614. The molecule has 0 heterocycles. The number of carbonyl (C=O) groups is 1. The van der Waals surface area contributed by atoms with Crippen LogP contribution in [0.5, 0.6) is 5.75 Å². The summed E-state index contributed by atoms with van der Waals surface area (Å²) >= 11 is 2.21. The van der Waals surface area contributed by atoms with Crippen LogP contribution in [-0.4, -0.2) is 5.91 Å². The smallest absolute Gasteiger partial charge is 0.248 e. The second kappa shape index (κ2) is 5.92. The molecule has 0 aliphatic heterocycles. The lowest BCUT2D eigenvalue weighted by atomic mass is 10.1. The standard InChI is InChI=1S/C14H13IN2O2/c15-11-3-1-2-4-13(11)19-8-10-6-5-9(14(17)18)7-12(10)16/h1-7H,8,16H2,(H2,17,18). The van der Waals surface area contributed by atoms with E-state index in [0.717, 1.165) is 14.9 Å². The molecule has 0 aliphatic carbocycles. The van der Waals surface area contributed by atoms with Crippen molar-refractivity contribution in [2.45, 2.75) is 6.61 Å². The number of anilines is 1. The van der Waals surface area contributed by atoms with E-state index in [1.165, 1.54) is 0 Å². The van der Waals surface area contributed by atoms with Crippen LogP contribution in [0, 0.1) is 3.57 Å². The lowest BCUT2D eigenvalue weighted by Crippen LogP contribution is -2.12. The topological polar surface area (TPSA) is 78.3 Å². The summed E-state index contributed by atoms with van der Waals surface area (Å²) in [5.41, 5.74) is 12.8. The first-order valence-corrected chi connectivity index (χ1v) is 6.71. The number of hydrogen-bond acceptors (Lipinski definition) is 3. The van der Waals surface area contributed by atoms with Gasteiger partial charge in [-0.25, -0.2) is 0 Å². The minimum absolute atomic E-state index is 0.352. The zero-order valence-electron chi connectivity index (χ0n) is 10.1. The Kier molecular flexibility index (Phi) is 4.26. The fourth-order valence-electron chi connectivity index (χ4n) is 1.60. The molecule has 0 bridgehead atoms. The first kappa shape index (κ1) is 13.7. The number of amides is 1. The highest BCUT2D eigenvalue weighted by Gasteiger charge is 2.06. The summed E-state index contributed by atoms with van der Waals surface area (Å²) < 4.78 is 6.73. The van der Waals surface area contributed by atoms with Crippen LogP contribution in [0.15, 0.2) is 42.5 Å². The van der Waals surface area contributed by atoms with Gasteiger partial charge < -0.3 is 16.2 Å². The van der Waals surface area contributed by atoms with Crippen LogP contribution < -0.4 is 16.2 Å². The summed E-state index contributed by atoms with van der Waals surface area (Å²) in [5, 5.41) is 0. The van der Waals surface area contributed by atoms with E-state index >= 15 is 0 Å². The Labute approximate surface area is 124 Å². The number of hydrogen-bond donors (Lipinski definition) is 2. The van der Waals surface area contributed by atoms with E-state index in [2.05, 4.69) is 22.6 Å². The third kappa shape index (κ3) is 3.37. The lowest BCUT2D eigenvalue weighted by molar-refractivity contribution is 0.100. The van der Waals surface area contributed by atoms with Crippen LogP contribution in [0.1, 0.15) is 15.9 Å². The van der Waals surface area contributed by atoms with Gasteiger partial charge in [0.1, 0.15) is 12.4 Å². The molecule has 0 aromatic heterocycles. The molecule has 0 unspecified atom stereocenters. The lowest BCUT2D eigenvalue weighted by Gasteiger charge is -2.10. The molecule has 5 heteroatoms. The van der Waals surface area contributed by atoms with E-state index in [0.29, 0.717) is 17.9 Å². The molecule has 2 aromatic rings. The van der Waals surface area contributed by atoms with E-state index in [1.807, 2.05) is 24.3 Å². The van der Waals surface area contributed by atoms with E-state index < -0.39 is 5.91 Å². The van der Waals surface area contributed by atoms with Crippen LogP contribution in [0.4, 0.5) is 5.69 Å². The van der Waals surface area contributed by atoms with Gasteiger partial charge in [-0.3, -0.25) is 4.79 Å². The minimum atomic E-state index is -0.489. The van der Waals surface area contributed by atoms with Gasteiger partial charge in [0, 0.05) is 16.8 Å². The Morgan fingerprint density at radius 1 is 1.21 bits per heavy atom. The monoisotopic (exact) mass is 368 g/mol. The van der Waals surface area contributed by atoms with Crippen LogP contribution in [-0.2, 0) is 6.61 Å². The van der Waals surface area contributed by atoms with E-state index in [-0.39, 0.29) is 0 Å². The number of primary amides is 1. The Morgan fingerprint density at radius 3 is 2.58 bits per heavy atom. The summed E-state index contributed by atoms with van der Waals surface area (Å²) in [4.78, 5) is 11.0. The average molecular weight is 368 g/mol. The number of ether oxygens (including phenoxy) is 1. The van der Waals surface area contributed by atoms with Crippen molar-refractivity contribution < 1.29 is 9.53 Å². The summed E-state index contributed by atoms with van der Waals surface area (Å²) in [7, 11) is 0. The molecule has 4 N–H and O–H groups in total. The molecule has 0 radical (unpaired) electrons. The Balaban J connectivity index is 2.12. The molecule has 0 atom stereocenters. The van der Waals surface area contributed by atoms with Crippen molar-refractivity contribution in [3.8, 4) is 5.75 Å². The number of nitrogen functional groups attached to an aromatic ring is 1. The summed E-state index contributed by atoms with van der Waals surface area (Å²) in [6, 6.07) is 12.7. The SMILES string of the molecule is NC(=O)c1ccc(COc2ccccc2I)c(N)c1. The van der Waals surface area contributed by atoms with Gasteiger partial charge in [0.15, 0.2) is 0 Å². The molecule has 0 fully saturated rings. The van der Waals surface area contributed by atoms with Crippen LogP contribution in [0.25, 0.3) is 0 Å². The summed E-state index contributed by atoms with van der Waals surface area (Å²) in [6.07, 6.45) is 0. The molecular weight excluding hydrogens is 355 g/mol. The zero-order valence-corrected chi connectivity index (χ0v) is 12.3. The molecule has 2 rings (SSSR count). The third-order valence-corrected chi connectivity index (χ3v) is 3.54. The van der Waals surface area contributed by atoms with Crippen LogP contribution in [0.2, 0.25) is 0 Å². The molecule has 2 aromatic carbocycles. The molecule has 0 saturated carbocycles. The average Bonchev–Trinajstić information content (AvgIpc) is 2.39. The second-order valence-electron chi connectivity index (χ2n) is 4.00. The van der Waals surface area contributed by atoms with Crippen molar-refractivity contribution in [3.05, 3.63) is 57.2 Å². The fourth-order valence-corrected chi connectivity index (χ4v) is 2.14. The van der Waals surface area contributed by atoms with Crippen molar-refractivity contribution in [3.63, 3.8) is 0 Å². The van der Waals surface area contributed by atoms with Gasteiger partial charge in [-0.15, -0.1) is 0 Å². The molecule has 0 aliphatic rings. The second-order valence-corrected chi connectivity index (χ2v) is 5.16.